The molecular formula is C13H25ClN2O2. The number of rotatable bonds is 4. The average Bonchev–Trinajstić information content (AvgIpc) is 2.90. The molecule has 106 valence electrons. The van der Waals surface area contributed by atoms with Gasteiger partial charge in [-0.1, -0.05) is 6.92 Å². The SMILES string of the molecule is CCCN(C(=O)[C@@H]1CCCO1)C1CCNCC1.Cl. The summed E-state index contributed by atoms with van der Waals surface area (Å²) in [7, 11) is 0. The van der Waals surface area contributed by atoms with Crippen LogP contribution in [0.15, 0.2) is 0 Å². The molecule has 5 heteroatoms. The van der Waals surface area contributed by atoms with E-state index in [9.17, 15) is 4.79 Å². The molecule has 0 bridgehead atoms. The van der Waals surface area contributed by atoms with E-state index in [1.807, 2.05) is 0 Å². The van der Waals surface area contributed by atoms with Crippen molar-refractivity contribution in [3.8, 4) is 0 Å². The van der Waals surface area contributed by atoms with Gasteiger partial charge in [0.15, 0.2) is 0 Å². The number of amides is 1. The molecule has 1 amide bonds. The van der Waals surface area contributed by atoms with E-state index in [0.717, 1.165) is 58.3 Å². The number of carbonyl (C=O) groups excluding carboxylic acids is 1. The fourth-order valence-electron chi connectivity index (χ4n) is 2.79. The van der Waals surface area contributed by atoms with Crippen molar-refractivity contribution in [2.75, 3.05) is 26.2 Å². The van der Waals surface area contributed by atoms with Gasteiger partial charge in [0.1, 0.15) is 6.10 Å². The minimum atomic E-state index is -0.156. The maximum Gasteiger partial charge on any atom is 0.251 e. The molecule has 0 radical (unpaired) electrons. The van der Waals surface area contributed by atoms with Crippen LogP contribution >= 0.6 is 12.4 Å². The predicted octanol–water partition coefficient (Wildman–Crippen LogP) is 1.58. The van der Waals surface area contributed by atoms with Gasteiger partial charge < -0.3 is 15.0 Å². The van der Waals surface area contributed by atoms with E-state index in [-0.39, 0.29) is 24.4 Å². The van der Waals surface area contributed by atoms with E-state index in [1.54, 1.807) is 0 Å². The lowest BCUT2D eigenvalue weighted by Gasteiger charge is -2.35. The van der Waals surface area contributed by atoms with Gasteiger partial charge in [-0.05, 0) is 45.2 Å². The molecule has 2 aliphatic rings. The second-order valence-electron chi connectivity index (χ2n) is 5.01. The van der Waals surface area contributed by atoms with Crippen molar-refractivity contribution >= 4 is 18.3 Å². The van der Waals surface area contributed by atoms with Crippen molar-refractivity contribution in [3.63, 3.8) is 0 Å². The van der Waals surface area contributed by atoms with Gasteiger partial charge in [-0.15, -0.1) is 12.4 Å². The van der Waals surface area contributed by atoms with Crippen LogP contribution in [0.5, 0.6) is 0 Å². The number of ether oxygens (including phenoxy) is 1. The third-order valence-corrected chi connectivity index (χ3v) is 3.70. The van der Waals surface area contributed by atoms with Gasteiger partial charge in [-0.3, -0.25) is 4.79 Å². The Morgan fingerprint density at radius 3 is 2.61 bits per heavy atom. The Hall–Kier alpha value is -0.320. The van der Waals surface area contributed by atoms with Gasteiger partial charge in [0.25, 0.3) is 5.91 Å². The van der Waals surface area contributed by atoms with E-state index in [4.69, 9.17) is 4.74 Å². The molecule has 2 heterocycles. The number of hydrogen-bond acceptors (Lipinski definition) is 3. The third kappa shape index (κ3) is 3.84. The first-order chi connectivity index (χ1) is 8.33. The number of piperidine rings is 1. The van der Waals surface area contributed by atoms with Crippen LogP contribution in [-0.4, -0.2) is 49.2 Å². The number of hydrogen-bond donors (Lipinski definition) is 1. The molecule has 2 aliphatic heterocycles. The highest BCUT2D eigenvalue weighted by Gasteiger charge is 2.32. The molecule has 0 aromatic heterocycles. The van der Waals surface area contributed by atoms with Crippen molar-refractivity contribution in [1.82, 2.24) is 10.2 Å². The lowest BCUT2D eigenvalue weighted by atomic mass is 10.0. The van der Waals surface area contributed by atoms with Gasteiger partial charge >= 0.3 is 0 Å². The molecule has 2 saturated heterocycles. The van der Waals surface area contributed by atoms with E-state index in [0.29, 0.717) is 6.04 Å². The first kappa shape index (κ1) is 15.7. The second-order valence-corrected chi connectivity index (χ2v) is 5.01. The van der Waals surface area contributed by atoms with Crippen molar-refractivity contribution in [2.45, 2.75) is 51.2 Å². The number of nitrogens with zero attached hydrogens (tertiary/aromatic N) is 1. The predicted molar refractivity (Wildman–Crippen MR) is 74.1 cm³/mol. The summed E-state index contributed by atoms with van der Waals surface area (Å²) in [6, 6.07) is 0.424. The minimum absolute atomic E-state index is 0. The first-order valence-electron chi connectivity index (χ1n) is 6.95. The molecule has 0 unspecified atom stereocenters. The fourth-order valence-corrected chi connectivity index (χ4v) is 2.79. The molecule has 1 atom stereocenters. The van der Waals surface area contributed by atoms with Gasteiger partial charge in [-0.25, -0.2) is 0 Å². The minimum Gasteiger partial charge on any atom is -0.368 e. The summed E-state index contributed by atoms with van der Waals surface area (Å²) < 4.78 is 5.53. The average molecular weight is 277 g/mol. The molecule has 4 nitrogen and oxygen atoms in total. The molecule has 18 heavy (non-hydrogen) atoms. The Morgan fingerprint density at radius 1 is 1.33 bits per heavy atom. The van der Waals surface area contributed by atoms with Crippen molar-refractivity contribution in [3.05, 3.63) is 0 Å². The summed E-state index contributed by atoms with van der Waals surface area (Å²) in [4.78, 5) is 14.5. The Balaban J connectivity index is 0.00000162. The van der Waals surface area contributed by atoms with E-state index < -0.39 is 0 Å². The van der Waals surface area contributed by atoms with Crippen LogP contribution in [0.2, 0.25) is 0 Å². The zero-order valence-electron chi connectivity index (χ0n) is 11.2. The van der Waals surface area contributed by atoms with Crippen LogP contribution in [-0.2, 0) is 9.53 Å². The lowest BCUT2D eigenvalue weighted by Crippen LogP contribution is -2.49. The molecule has 1 N–H and O–H groups in total. The Kier molecular flexibility index (Phi) is 6.97. The highest BCUT2D eigenvalue weighted by molar-refractivity contribution is 5.85. The topological polar surface area (TPSA) is 41.6 Å². The van der Waals surface area contributed by atoms with Crippen LogP contribution in [0.4, 0.5) is 0 Å². The summed E-state index contributed by atoms with van der Waals surface area (Å²) in [6.45, 7) is 5.83. The Bertz CT molecular complexity index is 251. The number of carbonyl (C=O) groups is 1. The van der Waals surface area contributed by atoms with Gasteiger partial charge in [0, 0.05) is 19.2 Å². The third-order valence-electron chi connectivity index (χ3n) is 3.70. The lowest BCUT2D eigenvalue weighted by molar-refractivity contribution is -0.144. The van der Waals surface area contributed by atoms with E-state index >= 15 is 0 Å². The molecule has 0 aliphatic carbocycles. The Labute approximate surface area is 116 Å². The van der Waals surface area contributed by atoms with Crippen molar-refractivity contribution in [2.24, 2.45) is 0 Å². The van der Waals surface area contributed by atoms with Gasteiger partial charge in [0.2, 0.25) is 0 Å². The molecule has 0 spiro atoms. The zero-order valence-corrected chi connectivity index (χ0v) is 12.0. The Morgan fingerprint density at radius 2 is 2.06 bits per heavy atom. The van der Waals surface area contributed by atoms with Crippen LogP contribution < -0.4 is 5.32 Å². The van der Waals surface area contributed by atoms with E-state index in [1.165, 1.54) is 0 Å². The van der Waals surface area contributed by atoms with Gasteiger partial charge in [-0.2, -0.15) is 0 Å². The number of halogens is 1. The molecular weight excluding hydrogens is 252 g/mol. The van der Waals surface area contributed by atoms with Crippen LogP contribution in [0.1, 0.15) is 39.0 Å². The largest absolute Gasteiger partial charge is 0.368 e. The quantitative estimate of drug-likeness (QED) is 0.848. The van der Waals surface area contributed by atoms with Crippen molar-refractivity contribution in [1.29, 1.82) is 0 Å². The summed E-state index contributed by atoms with van der Waals surface area (Å²) in [5.74, 6) is 0.233. The van der Waals surface area contributed by atoms with Crippen LogP contribution in [0.3, 0.4) is 0 Å². The smallest absolute Gasteiger partial charge is 0.251 e. The highest BCUT2D eigenvalue weighted by atomic mass is 35.5. The van der Waals surface area contributed by atoms with Crippen molar-refractivity contribution < 1.29 is 9.53 Å². The number of nitrogens with one attached hydrogen (secondary N) is 1. The maximum atomic E-state index is 12.4. The van der Waals surface area contributed by atoms with E-state index in [2.05, 4.69) is 17.1 Å². The fraction of sp³-hybridized carbons (Fsp3) is 0.923. The highest BCUT2D eigenvalue weighted by Crippen LogP contribution is 2.19. The summed E-state index contributed by atoms with van der Waals surface area (Å²) in [5.41, 5.74) is 0. The molecule has 0 aromatic carbocycles. The normalized spacial score (nSPS) is 24.6. The summed E-state index contributed by atoms with van der Waals surface area (Å²) >= 11 is 0. The maximum absolute atomic E-state index is 12.4. The standard InChI is InChI=1S/C13H24N2O2.ClH/c1-2-9-15(11-5-7-14-8-6-11)13(16)12-4-3-10-17-12;/h11-12,14H,2-10H2,1H3;1H/t12-;/m0./s1. The molecule has 2 rings (SSSR count). The van der Waals surface area contributed by atoms with Crippen LogP contribution in [0, 0.1) is 0 Å². The second kappa shape index (κ2) is 7.97. The van der Waals surface area contributed by atoms with Gasteiger partial charge in [0.05, 0.1) is 0 Å². The summed E-state index contributed by atoms with van der Waals surface area (Å²) in [5, 5.41) is 3.35. The molecule has 0 saturated carbocycles. The van der Waals surface area contributed by atoms with Crippen LogP contribution in [0.25, 0.3) is 0 Å². The monoisotopic (exact) mass is 276 g/mol. The first-order valence-corrected chi connectivity index (χ1v) is 6.95. The summed E-state index contributed by atoms with van der Waals surface area (Å²) in [6.07, 6.45) is 4.97. The zero-order chi connectivity index (χ0) is 12.1. The molecule has 2 fully saturated rings. The molecule has 0 aromatic rings.